The maximum absolute atomic E-state index is 4.67. The second kappa shape index (κ2) is 5.44. The molecule has 92 valence electrons. The van der Waals surface area contributed by atoms with E-state index in [9.17, 15) is 0 Å². The summed E-state index contributed by atoms with van der Waals surface area (Å²) in [4.78, 5) is 4.67. The number of aliphatic imine (C=N–C) groups is 1. The minimum atomic E-state index is 0.412. The topological polar surface area (TPSA) is 24.4 Å². The third-order valence-electron chi connectivity index (χ3n) is 3.04. The van der Waals surface area contributed by atoms with Crippen molar-refractivity contribution in [2.45, 2.75) is 26.8 Å². The molecule has 1 heterocycles. The van der Waals surface area contributed by atoms with Gasteiger partial charge in [-0.25, -0.2) is 0 Å². The van der Waals surface area contributed by atoms with Crippen molar-refractivity contribution in [2.24, 2.45) is 10.9 Å². The van der Waals surface area contributed by atoms with Crippen LogP contribution in [-0.4, -0.2) is 17.0 Å². The molecule has 0 saturated carbocycles. The van der Waals surface area contributed by atoms with Crippen molar-refractivity contribution < 1.29 is 0 Å². The molecule has 0 fully saturated rings. The summed E-state index contributed by atoms with van der Waals surface area (Å²) in [6.45, 7) is 6.52. The lowest BCUT2D eigenvalue weighted by atomic mass is 10.1. The van der Waals surface area contributed by atoms with E-state index in [1.807, 2.05) is 11.8 Å². The van der Waals surface area contributed by atoms with Crippen LogP contribution in [0, 0.1) is 12.8 Å². The standard InChI is InChI=1S/C13H17BrN2S/c1-8-6-11(4-5-12(8)14)16-13-15-10(3)9(2)7-17-13/h4-6,9-10H,7H2,1-3H3,(H,15,16). The highest BCUT2D eigenvalue weighted by Crippen LogP contribution is 2.25. The molecule has 1 aliphatic heterocycles. The summed E-state index contributed by atoms with van der Waals surface area (Å²) in [5.41, 5.74) is 2.34. The second-order valence-electron chi connectivity index (χ2n) is 4.55. The van der Waals surface area contributed by atoms with Crippen molar-refractivity contribution in [3.05, 3.63) is 28.2 Å². The fourth-order valence-corrected chi connectivity index (χ4v) is 2.99. The van der Waals surface area contributed by atoms with E-state index in [1.54, 1.807) is 0 Å². The van der Waals surface area contributed by atoms with Crippen LogP contribution in [0.2, 0.25) is 0 Å². The molecule has 0 amide bonds. The number of rotatable bonds is 1. The van der Waals surface area contributed by atoms with E-state index in [-0.39, 0.29) is 0 Å². The molecule has 0 spiro atoms. The van der Waals surface area contributed by atoms with Gasteiger partial charge in [-0.2, -0.15) is 0 Å². The fourth-order valence-electron chi connectivity index (χ4n) is 1.61. The third kappa shape index (κ3) is 3.26. The highest BCUT2D eigenvalue weighted by molar-refractivity contribution is 9.10. The summed E-state index contributed by atoms with van der Waals surface area (Å²) < 4.78 is 1.14. The monoisotopic (exact) mass is 312 g/mol. The number of aryl methyl sites for hydroxylation is 1. The fraction of sp³-hybridized carbons (Fsp3) is 0.462. The van der Waals surface area contributed by atoms with Gasteiger partial charge in [-0.15, -0.1) is 0 Å². The van der Waals surface area contributed by atoms with Gasteiger partial charge in [0.15, 0.2) is 5.17 Å². The Morgan fingerprint density at radius 3 is 2.82 bits per heavy atom. The second-order valence-corrected chi connectivity index (χ2v) is 6.42. The first-order chi connectivity index (χ1) is 8.06. The Labute approximate surface area is 115 Å². The van der Waals surface area contributed by atoms with Crippen LogP contribution in [0.3, 0.4) is 0 Å². The van der Waals surface area contributed by atoms with Crippen LogP contribution in [-0.2, 0) is 0 Å². The molecule has 2 atom stereocenters. The summed E-state index contributed by atoms with van der Waals surface area (Å²) in [6.07, 6.45) is 0. The molecule has 0 radical (unpaired) electrons. The number of hydrogen-bond donors (Lipinski definition) is 1. The van der Waals surface area contributed by atoms with Crippen LogP contribution in [0.4, 0.5) is 5.69 Å². The van der Waals surface area contributed by atoms with Gasteiger partial charge in [0, 0.05) is 15.9 Å². The molecule has 1 aromatic rings. The Kier molecular flexibility index (Phi) is 4.15. The predicted octanol–water partition coefficient (Wildman–Crippen LogP) is 4.30. The molecule has 0 saturated heterocycles. The maximum atomic E-state index is 4.67. The Morgan fingerprint density at radius 1 is 1.41 bits per heavy atom. The van der Waals surface area contributed by atoms with E-state index in [2.05, 4.69) is 65.2 Å². The van der Waals surface area contributed by atoms with Crippen LogP contribution in [0.25, 0.3) is 0 Å². The highest BCUT2D eigenvalue weighted by atomic mass is 79.9. The van der Waals surface area contributed by atoms with Crippen LogP contribution in [0.15, 0.2) is 27.7 Å². The number of amidine groups is 1. The molecule has 0 aliphatic carbocycles. The van der Waals surface area contributed by atoms with E-state index in [1.165, 1.54) is 5.56 Å². The molecular weight excluding hydrogens is 296 g/mol. The lowest BCUT2D eigenvalue weighted by Gasteiger charge is -2.23. The molecule has 1 N–H and O–H groups in total. The van der Waals surface area contributed by atoms with Gasteiger partial charge in [-0.05, 0) is 43.5 Å². The number of hydrogen-bond acceptors (Lipinski definition) is 3. The zero-order chi connectivity index (χ0) is 12.4. The number of thioether (sulfide) groups is 1. The molecule has 4 heteroatoms. The average Bonchev–Trinajstić information content (AvgIpc) is 2.29. The van der Waals surface area contributed by atoms with Crippen LogP contribution < -0.4 is 5.32 Å². The average molecular weight is 313 g/mol. The molecule has 1 aromatic carbocycles. The molecule has 17 heavy (non-hydrogen) atoms. The van der Waals surface area contributed by atoms with Crippen molar-refractivity contribution in [1.82, 2.24) is 0 Å². The first-order valence-corrected chi connectivity index (χ1v) is 7.58. The Hall–Kier alpha value is -0.480. The third-order valence-corrected chi connectivity index (χ3v) is 5.10. The Balaban J connectivity index is 2.11. The quantitative estimate of drug-likeness (QED) is 0.836. The van der Waals surface area contributed by atoms with Crippen LogP contribution in [0.5, 0.6) is 0 Å². The van der Waals surface area contributed by atoms with Crippen molar-refractivity contribution in [2.75, 3.05) is 11.1 Å². The zero-order valence-corrected chi connectivity index (χ0v) is 12.7. The molecule has 1 aliphatic rings. The smallest absolute Gasteiger partial charge is 0.161 e. The summed E-state index contributed by atoms with van der Waals surface area (Å²) in [7, 11) is 0. The summed E-state index contributed by atoms with van der Waals surface area (Å²) in [5, 5.41) is 4.43. The van der Waals surface area contributed by atoms with Crippen LogP contribution in [0.1, 0.15) is 19.4 Å². The number of halogens is 1. The number of nitrogens with zero attached hydrogens (tertiary/aromatic N) is 1. The van der Waals surface area contributed by atoms with Gasteiger partial charge >= 0.3 is 0 Å². The summed E-state index contributed by atoms with van der Waals surface area (Å²) >= 11 is 5.32. The molecule has 0 aromatic heterocycles. The van der Waals surface area contributed by atoms with Gasteiger partial charge in [0.05, 0.1) is 6.04 Å². The molecular formula is C13H17BrN2S. The van der Waals surface area contributed by atoms with Crippen molar-refractivity contribution in [3.8, 4) is 0 Å². The molecule has 2 rings (SSSR count). The van der Waals surface area contributed by atoms with Gasteiger partial charge in [0.1, 0.15) is 0 Å². The van der Waals surface area contributed by atoms with E-state index in [0.29, 0.717) is 12.0 Å². The van der Waals surface area contributed by atoms with E-state index in [4.69, 9.17) is 0 Å². The van der Waals surface area contributed by atoms with Crippen molar-refractivity contribution in [1.29, 1.82) is 0 Å². The lowest BCUT2D eigenvalue weighted by molar-refractivity contribution is 0.537. The van der Waals surface area contributed by atoms with E-state index in [0.717, 1.165) is 21.1 Å². The van der Waals surface area contributed by atoms with Gasteiger partial charge in [0.2, 0.25) is 0 Å². The van der Waals surface area contributed by atoms with E-state index >= 15 is 0 Å². The normalized spacial score (nSPS) is 24.4. The highest BCUT2D eigenvalue weighted by Gasteiger charge is 2.19. The van der Waals surface area contributed by atoms with Gasteiger partial charge in [-0.1, -0.05) is 34.6 Å². The molecule has 0 bridgehead atoms. The van der Waals surface area contributed by atoms with Crippen molar-refractivity contribution in [3.63, 3.8) is 0 Å². The minimum absolute atomic E-state index is 0.412. The zero-order valence-electron chi connectivity index (χ0n) is 10.3. The van der Waals surface area contributed by atoms with Gasteiger partial charge in [-0.3, -0.25) is 4.99 Å². The minimum Gasteiger partial charge on any atom is -0.335 e. The maximum Gasteiger partial charge on any atom is 0.161 e. The summed E-state index contributed by atoms with van der Waals surface area (Å²) in [5.74, 6) is 1.81. The first kappa shape index (κ1) is 13.0. The number of anilines is 1. The largest absolute Gasteiger partial charge is 0.335 e. The molecule has 2 unspecified atom stereocenters. The Bertz CT molecular complexity index is 445. The SMILES string of the molecule is Cc1cc(NC2=NC(C)C(C)CS2)ccc1Br. The first-order valence-electron chi connectivity index (χ1n) is 5.80. The van der Waals surface area contributed by atoms with Crippen LogP contribution >= 0.6 is 27.7 Å². The number of benzene rings is 1. The van der Waals surface area contributed by atoms with Gasteiger partial charge in [0.25, 0.3) is 0 Å². The van der Waals surface area contributed by atoms with Gasteiger partial charge < -0.3 is 5.32 Å². The lowest BCUT2D eigenvalue weighted by Crippen LogP contribution is -2.25. The summed E-state index contributed by atoms with van der Waals surface area (Å²) in [6, 6.07) is 6.69. The Morgan fingerprint density at radius 2 is 2.18 bits per heavy atom. The predicted molar refractivity (Wildman–Crippen MR) is 81.0 cm³/mol. The number of nitrogens with one attached hydrogen (secondary N) is 1. The van der Waals surface area contributed by atoms with E-state index < -0.39 is 0 Å². The van der Waals surface area contributed by atoms with Crippen molar-refractivity contribution >= 4 is 38.5 Å². The molecule has 2 nitrogen and oxygen atoms in total.